The lowest BCUT2D eigenvalue weighted by molar-refractivity contribution is -0.136. The van der Waals surface area contributed by atoms with Crippen molar-refractivity contribution in [1.29, 1.82) is 0 Å². The maximum absolute atomic E-state index is 11.0. The Kier molecular flexibility index (Phi) is 7.06. The first-order valence-corrected chi connectivity index (χ1v) is 11.2. The summed E-state index contributed by atoms with van der Waals surface area (Å²) in [7, 11) is 1.60. The molecule has 2 aromatic heterocycles. The molecule has 0 aliphatic heterocycles. The van der Waals surface area contributed by atoms with E-state index in [1.807, 2.05) is 50.2 Å². The number of aliphatic carboxylic acids is 1. The first kappa shape index (κ1) is 23.2. The van der Waals surface area contributed by atoms with E-state index in [2.05, 4.69) is 9.97 Å². The number of nitrogens with zero attached hydrogens (tertiary/aromatic N) is 1. The Bertz CT molecular complexity index is 1290. The summed E-state index contributed by atoms with van der Waals surface area (Å²) in [6.07, 6.45) is 3.12. The Balaban J connectivity index is 1.31. The molecule has 0 aliphatic carbocycles. The highest BCUT2D eigenvalue weighted by atomic mass is 16.5. The van der Waals surface area contributed by atoms with Gasteiger partial charge in [0.2, 0.25) is 5.89 Å². The summed E-state index contributed by atoms with van der Waals surface area (Å²) in [6, 6.07) is 11.3. The Morgan fingerprint density at radius 1 is 1.12 bits per heavy atom. The lowest BCUT2D eigenvalue weighted by Gasteiger charge is -2.12. The minimum atomic E-state index is -0.860. The maximum atomic E-state index is 11.0. The number of aromatic nitrogens is 2. The quantitative estimate of drug-likeness (QED) is 0.295. The minimum absolute atomic E-state index is 0.0315. The molecule has 0 amide bonds. The van der Waals surface area contributed by atoms with Crippen LogP contribution in [-0.2, 0) is 17.6 Å². The van der Waals surface area contributed by atoms with Crippen molar-refractivity contribution in [3.8, 4) is 28.7 Å². The number of carbonyl (C=O) groups is 1. The number of carboxylic acids is 1. The maximum Gasteiger partial charge on any atom is 0.309 e. The molecule has 0 saturated carbocycles. The second-order valence-corrected chi connectivity index (χ2v) is 7.92. The third-order valence-corrected chi connectivity index (χ3v) is 5.60. The lowest BCUT2D eigenvalue weighted by atomic mass is 10.1. The molecule has 0 saturated heterocycles. The number of aryl methyl sites for hydroxylation is 2. The van der Waals surface area contributed by atoms with E-state index >= 15 is 0 Å². The third kappa shape index (κ3) is 5.17. The molecule has 4 aromatic rings. The molecule has 0 spiro atoms. The molecule has 34 heavy (non-hydrogen) atoms. The highest BCUT2D eigenvalue weighted by Gasteiger charge is 2.13. The smallest absolute Gasteiger partial charge is 0.309 e. The second kappa shape index (κ2) is 10.3. The Morgan fingerprint density at radius 3 is 2.68 bits per heavy atom. The van der Waals surface area contributed by atoms with Crippen LogP contribution in [0, 0.1) is 6.92 Å². The molecule has 178 valence electrons. The van der Waals surface area contributed by atoms with Crippen LogP contribution in [0.15, 0.2) is 47.1 Å². The van der Waals surface area contributed by atoms with E-state index in [0.717, 1.165) is 39.9 Å². The number of hydrogen-bond donors (Lipinski definition) is 2. The number of aromatic amines is 1. The Hall–Kier alpha value is -3.94. The summed E-state index contributed by atoms with van der Waals surface area (Å²) < 4.78 is 22.8. The topological polar surface area (TPSA) is 107 Å². The van der Waals surface area contributed by atoms with Crippen LogP contribution in [0.2, 0.25) is 0 Å². The molecule has 8 nitrogen and oxygen atoms in total. The van der Waals surface area contributed by atoms with Gasteiger partial charge in [0.1, 0.15) is 12.0 Å². The molecule has 8 heteroatoms. The predicted octanol–water partition coefficient (Wildman–Crippen LogP) is 5.18. The van der Waals surface area contributed by atoms with Gasteiger partial charge in [0.25, 0.3) is 0 Å². The lowest BCUT2D eigenvalue weighted by Crippen LogP contribution is -2.05. The first-order chi connectivity index (χ1) is 16.5. The van der Waals surface area contributed by atoms with Crippen LogP contribution in [0.3, 0.4) is 0 Å². The fourth-order valence-corrected chi connectivity index (χ4v) is 3.73. The average molecular weight is 465 g/mol. The summed E-state index contributed by atoms with van der Waals surface area (Å²) in [6.45, 7) is 4.88. The van der Waals surface area contributed by atoms with Crippen LogP contribution in [0.5, 0.6) is 17.2 Å². The number of oxazole rings is 1. The van der Waals surface area contributed by atoms with E-state index in [4.69, 9.17) is 23.7 Å². The SMILES string of the molecule is CCc1coc(-c2ccc(OCCCOc3ccc4[nH]c(CC(=O)O)c(C)c4c3)c(OC)c2)n1. The molecule has 2 N–H and O–H groups in total. The van der Waals surface area contributed by atoms with E-state index in [0.29, 0.717) is 42.7 Å². The third-order valence-electron chi connectivity index (χ3n) is 5.60. The van der Waals surface area contributed by atoms with Crippen LogP contribution >= 0.6 is 0 Å². The number of benzene rings is 2. The average Bonchev–Trinajstić information content (AvgIpc) is 3.43. The van der Waals surface area contributed by atoms with E-state index in [1.54, 1.807) is 13.4 Å². The van der Waals surface area contributed by atoms with Gasteiger partial charge in [0.15, 0.2) is 11.5 Å². The molecule has 2 aromatic carbocycles. The van der Waals surface area contributed by atoms with E-state index in [9.17, 15) is 4.79 Å². The number of carboxylic acid groups (broad SMARTS) is 1. The summed E-state index contributed by atoms with van der Waals surface area (Å²) in [4.78, 5) is 18.7. The van der Waals surface area contributed by atoms with Crippen LogP contribution in [-0.4, -0.2) is 41.4 Å². The monoisotopic (exact) mass is 464 g/mol. The number of hydrogen-bond acceptors (Lipinski definition) is 6. The van der Waals surface area contributed by atoms with Gasteiger partial charge in [-0.05, 0) is 55.3 Å². The largest absolute Gasteiger partial charge is 0.493 e. The zero-order valence-corrected chi connectivity index (χ0v) is 19.5. The number of fused-ring (bicyclic) bond motifs is 1. The molecule has 0 atom stereocenters. The highest BCUT2D eigenvalue weighted by molar-refractivity contribution is 5.87. The van der Waals surface area contributed by atoms with Crippen LogP contribution in [0.25, 0.3) is 22.4 Å². The summed E-state index contributed by atoms with van der Waals surface area (Å²) >= 11 is 0. The van der Waals surface area contributed by atoms with E-state index in [1.165, 1.54) is 0 Å². The van der Waals surface area contributed by atoms with Gasteiger partial charge < -0.3 is 28.7 Å². The van der Waals surface area contributed by atoms with Crippen LogP contribution < -0.4 is 14.2 Å². The normalized spacial score (nSPS) is 11.0. The van der Waals surface area contributed by atoms with Crippen molar-refractivity contribution >= 4 is 16.9 Å². The van der Waals surface area contributed by atoms with Crippen molar-refractivity contribution in [1.82, 2.24) is 9.97 Å². The summed E-state index contributed by atoms with van der Waals surface area (Å²) in [5.41, 5.74) is 4.27. The molecule has 0 aliphatic rings. The molecule has 0 fully saturated rings. The number of H-pyrrole nitrogens is 1. The van der Waals surface area contributed by atoms with Crippen LogP contribution in [0.4, 0.5) is 0 Å². The number of ether oxygens (including phenoxy) is 3. The van der Waals surface area contributed by atoms with Crippen molar-refractivity contribution in [2.75, 3.05) is 20.3 Å². The second-order valence-electron chi connectivity index (χ2n) is 7.92. The van der Waals surface area contributed by atoms with Gasteiger partial charge in [0, 0.05) is 28.6 Å². The summed E-state index contributed by atoms with van der Waals surface area (Å²) in [5.74, 6) is 1.68. The number of nitrogens with one attached hydrogen (secondary N) is 1. The van der Waals surface area contributed by atoms with Gasteiger partial charge in [-0.15, -0.1) is 0 Å². The molecule has 0 unspecified atom stereocenters. The van der Waals surface area contributed by atoms with Crippen molar-refractivity contribution < 1.29 is 28.5 Å². The molecule has 0 bridgehead atoms. The van der Waals surface area contributed by atoms with Gasteiger partial charge in [-0.25, -0.2) is 4.98 Å². The number of methoxy groups -OCH3 is 1. The zero-order chi connectivity index (χ0) is 24.1. The summed E-state index contributed by atoms with van der Waals surface area (Å²) in [5, 5.41) is 10.0. The first-order valence-electron chi connectivity index (χ1n) is 11.2. The van der Waals surface area contributed by atoms with Gasteiger partial charge in [-0.3, -0.25) is 4.79 Å². The fraction of sp³-hybridized carbons (Fsp3) is 0.308. The van der Waals surface area contributed by atoms with Crippen molar-refractivity contribution in [2.24, 2.45) is 0 Å². The Labute approximate surface area is 197 Å². The van der Waals surface area contributed by atoms with Gasteiger partial charge in [-0.2, -0.15) is 0 Å². The van der Waals surface area contributed by atoms with E-state index in [-0.39, 0.29) is 6.42 Å². The molecule has 2 heterocycles. The predicted molar refractivity (Wildman–Crippen MR) is 128 cm³/mol. The van der Waals surface area contributed by atoms with Gasteiger partial charge in [-0.1, -0.05) is 6.92 Å². The number of rotatable bonds is 11. The minimum Gasteiger partial charge on any atom is -0.493 e. The van der Waals surface area contributed by atoms with Gasteiger partial charge in [0.05, 0.1) is 32.4 Å². The Morgan fingerprint density at radius 2 is 1.94 bits per heavy atom. The van der Waals surface area contributed by atoms with E-state index < -0.39 is 5.97 Å². The highest BCUT2D eigenvalue weighted by Crippen LogP contribution is 2.32. The standard InChI is InChI=1S/C26H28N2O6/c1-4-18-15-34-26(27-18)17-6-9-23(24(12-17)31-3)33-11-5-10-32-19-7-8-21-20(13-19)16(2)22(28-21)14-25(29)30/h6-9,12-13,15,28H,4-5,10-11,14H2,1-3H3,(H,29,30). The molecular weight excluding hydrogens is 436 g/mol. The van der Waals surface area contributed by atoms with Crippen molar-refractivity contribution in [2.45, 2.75) is 33.1 Å². The molecular formula is C26H28N2O6. The fourth-order valence-electron chi connectivity index (χ4n) is 3.73. The zero-order valence-electron chi connectivity index (χ0n) is 19.5. The molecule has 0 radical (unpaired) electrons. The van der Waals surface area contributed by atoms with Crippen molar-refractivity contribution in [3.05, 3.63) is 59.6 Å². The van der Waals surface area contributed by atoms with Crippen LogP contribution in [0.1, 0.15) is 30.3 Å². The van der Waals surface area contributed by atoms with Crippen molar-refractivity contribution in [3.63, 3.8) is 0 Å². The molecule has 4 rings (SSSR count). The van der Waals surface area contributed by atoms with Gasteiger partial charge >= 0.3 is 5.97 Å².